The predicted molar refractivity (Wildman–Crippen MR) is 109 cm³/mol. The Bertz CT molecular complexity index is 991. The molecule has 138 valence electrons. The van der Waals surface area contributed by atoms with Crippen molar-refractivity contribution >= 4 is 11.4 Å². The van der Waals surface area contributed by atoms with Crippen molar-refractivity contribution in [2.75, 3.05) is 11.5 Å². The molecule has 0 spiro atoms. The standard InChI is InChI=1S/C22H18N4O2/c23-15-9-11-21(25-13-15)27-19-7-3-1-5-17(19)18-6-2-4-8-20(18)28-22-12-10-16(24)14-26-22/h1-14H,23-24H2. The molecule has 2 aromatic heterocycles. The number of para-hydroxylation sites is 2. The Kier molecular flexibility index (Phi) is 4.76. The Morgan fingerprint density at radius 3 is 1.36 bits per heavy atom. The van der Waals surface area contributed by atoms with Gasteiger partial charge in [-0.15, -0.1) is 0 Å². The lowest BCUT2D eigenvalue weighted by Crippen LogP contribution is -1.95. The Hall–Kier alpha value is -4.06. The third-order valence-corrected chi connectivity index (χ3v) is 4.01. The van der Waals surface area contributed by atoms with Crippen LogP contribution >= 0.6 is 0 Å². The Morgan fingerprint density at radius 2 is 0.964 bits per heavy atom. The lowest BCUT2D eigenvalue weighted by Gasteiger charge is -2.14. The van der Waals surface area contributed by atoms with Crippen molar-refractivity contribution in [3.8, 4) is 34.4 Å². The molecule has 0 aliphatic rings. The average molecular weight is 370 g/mol. The molecule has 6 heteroatoms. The number of hydrogen-bond donors (Lipinski definition) is 2. The van der Waals surface area contributed by atoms with Crippen molar-refractivity contribution in [2.24, 2.45) is 0 Å². The molecule has 2 aromatic carbocycles. The maximum absolute atomic E-state index is 5.99. The van der Waals surface area contributed by atoms with Gasteiger partial charge in [-0.05, 0) is 24.3 Å². The van der Waals surface area contributed by atoms with E-state index in [1.165, 1.54) is 0 Å². The molecule has 0 saturated heterocycles. The molecular weight excluding hydrogens is 352 g/mol. The number of anilines is 2. The van der Waals surface area contributed by atoms with Gasteiger partial charge in [-0.25, -0.2) is 9.97 Å². The van der Waals surface area contributed by atoms with Crippen LogP contribution in [0.4, 0.5) is 11.4 Å². The van der Waals surface area contributed by atoms with E-state index < -0.39 is 0 Å². The van der Waals surface area contributed by atoms with E-state index in [2.05, 4.69) is 9.97 Å². The van der Waals surface area contributed by atoms with E-state index in [4.69, 9.17) is 20.9 Å². The van der Waals surface area contributed by atoms with Crippen molar-refractivity contribution in [2.45, 2.75) is 0 Å². The third kappa shape index (κ3) is 3.86. The number of hydrogen-bond acceptors (Lipinski definition) is 6. The predicted octanol–water partition coefficient (Wildman–Crippen LogP) is 4.89. The largest absolute Gasteiger partial charge is 0.438 e. The molecule has 0 radical (unpaired) electrons. The minimum absolute atomic E-state index is 0.459. The van der Waals surface area contributed by atoms with Crippen LogP contribution in [0.25, 0.3) is 11.1 Å². The van der Waals surface area contributed by atoms with Crippen LogP contribution in [0, 0.1) is 0 Å². The fourth-order valence-electron chi connectivity index (χ4n) is 2.69. The highest BCUT2D eigenvalue weighted by Gasteiger charge is 2.13. The summed E-state index contributed by atoms with van der Waals surface area (Å²) in [7, 11) is 0. The third-order valence-electron chi connectivity index (χ3n) is 4.01. The highest BCUT2D eigenvalue weighted by atomic mass is 16.5. The van der Waals surface area contributed by atoms with Crippen molar-refractivity contribution in [3.63, 3.8) is 0 Å². The molecule has 4 aromatic rings. The first kappa shape index (κ1) is 17.4. The van der Waals surface area contributed by atoms with Gasteiger partial charge in [0.25, 0.3) is 0 Å². The van der Waals surface area contributed by atoms with Gasteiger partial charge in [0.15, 0.2) is 0 Å². The van der Waals surface area contributed by atoms with Crippen molar-refractivity contribution in [1.82, 2.24) is 9.97 Å². The first-order valence-corrected chi connectivity index (χ1v) is 8.66. The summed E-state index contributed by atoms with van der Waals surface area (Å²) in [4.78, 5) is 8.41. The lowest BCUT2D eigenvalue weighted by molar-refractivity contribution is 0.458. The zero-order valence-corrected chi connectivity index (χ0v) is 14.9. The summed E-state index contributed by atoms with van der Waals surface area (Å²) >= 11 is 0. The van der Waals surface area contributed by atoms with Crippen LogP contribution in [-0.4, -0.2) is 9.97 Å². The van der Waals surface area contributed by atoms with Crippen LogP contribution in [0.3, 0.4) is 0 Å². The summed E-state index contributed by atoms with van der Waals surface area (Å²) < 4.78 is 12.0. The zero-order chi connectivity index (χ0) is 19.3. The molecule has 4 rings (SSSR count). The van der Waals surface area contributed by atoms with Crippen LogP contribution in [0.1, 0.15) is 0 Å². The van der Waals surface area contributed by atoms with E-state index in [0.29, 0.717) is 34.6 Å². The van der Waals surface area contributed by atoms with Gasteiger partial charge >= 0.3 is 0 Å². The second-order valence-electron chi connectivity index (χ2n) is 6.06. The average Bonchev–Trinajstić information content (AvgIpc) is 2.72. The maximum Gasteiger partial charge on any atom is 0.219 e. The number of nitrogen functional groups attached to an aromatic ring is 2. The second-order valence-corrected chi connectivity index (χ2v) is 6.06. The molecule has 0 unspecified atom stereocenters. The number of nitrogens with two attached hydrogens (primary N) is 2. The number of aromatic nitrogens is 2. The van der Waals surface area contributed by atoms with Crippen LogP contribution in [-0.2, 0) is 0 Å². The highest BCUT2D eigenvalue weighted by Crippen LogP contribution is 2.39. The normalized spacial score (nSPS) is 10.4. The van der Waals surface area contributed by atoms with Gasteiger partial charge in [-0.3, -0.25) is 0 Å². The fourth-order valence-corrected chi connectivity index (χ4v) is 2.69. The minimum Gasteiger partial charge on any atom is -0.438 e. The molecular formula is C22H18N4O2. The summed E-state index contributed by atoms with van der Waals surface area (Å²) in [5.74, 6) is 2.22. The first-order valence-electron chi connectivity index (χ1n) is 8.66. The Balaban J connectivity index is 1.69. The molecule has 0 bridgehead atoms. The maximum atomic E-state index is 5.99. The number of pyridine rings is 2. The van der Waals surface area contributed by atoms with Gasteiger partial charge in [0.2, 0.25) is 11.8 Å². The van der Waals surface area contributed by atoms with Gasteiger partial charge in [-0.1, -0.05) is 36.4 Å². The van der Waals surface area contributed by atoms with E-state index in [-0.39, 0.29) is 0 Å². The van der Waals surface area contributed by atoms with Crippen molar-refractivity contribution in [1.29, 1.82) is 0 Å². The van der Waals surface area contributed by atoms with Crippen molar-refractivity contribution in [3.05, 3.63) is 85.2 Å². The molecule has 2 heterocycles. The van der Waals surface area contributed by atoms with Gasteiger partial charge in [0, 0.05) is 23.3 Å². The van der Waals surface area contributed by atoms with E-state index in [0.717, 1.165) is 11.1 Å². The number of ether oxygens (including phenoxy) is 2. The van der Waals surface area contributed by atoms with Crippen LogP contribution < -0.4 is 20.9 Å². The van der Waals surface area contributed by atoms with Crippen molar-refractivity contribution < 1.29 is 9.47 Å². The van der Waals surface area contributed by atoms with Gasteiger partial charge < -0.3 is 20.9 Å². The molecule has 0 atom stereocenters. The molecule has 0 fully saturated rings. The number of benzene rings is 2. The quantitative estimate of drug-likeness (QED) is 0.519. The molecule has 0 saturated carbocycles. The molecule has 0 aliphatic carbocycles. The summed E-state index contributed by atoms with van der Waals surface area (Å²) in [6, 6.07) is 22.3. The molecule has 6 nitrogen and oxygen atoms in total. The monoisotopic (exact) mass is 370 g/mol. The van der Waals surface area contributed by atoms with E-state index in [1.54, 1.807) is 36.7 Å². The van der Waals surface area contributed by atoms with Gasteiger partial charge in [0.1, 0.15) is 11.5 Å². The Labute approximate surface area is 162 Å². The SMILES string of the molecule is Nc1ccc(Oc2ccccc2-c2ccccc2Oc2ccc(N)cn2)nc1. The van der Waals surface area contributed by atoms with E-state index in [9.17, 15) is 0 Å². The smallest absolute Gasteiger partial charge is 0.219 e. The summed E-state index contributed by atoms with van der Waals surface area (Å²) in [5, 5.41) is 0. The first-order chi connectivity index (χ1) is 13.7. The molecule has 28 heavy (non-hydrogen) atoms. The molecule has 0 amide bonds. The topological polar surface area (TPSA) is 96.3 Å². The zero-order valence-electron chi connectivity index (χ0n) is 14.9. The fraction of sp³-hybridized carbons (Fsp3) is 0. The number of rotatable bonds is 5. The number of nitrogens with zero attached hydrogens (tertiary/aromatic N) is 2. The second kappa shape index (κ2) is 7.67. The van der Waals surface area contributed by atoms with Crippen LogP contribution in [0.5, 0.6) is 23.3 Å². The van der Waals surface area contributed by atoms with Gasteiger partial charge in [-0.2, -0.15) is 0 Å². The van der Waals surface area contributed by atoms with E-state index >= 15 is 0 Å². The summed E-state index contributed by atoms with van der Waals surface area (Å²) in [6.45, 7) is 0. The summed E-state index contributed by atoms with van der Waals surface area (Å²) in [6.07, 6.45) is 3.11. The van der Waals surface area contributed by atoms with Crippen LogP contribution in [0.2, 0.25) is 0 Å². The van der Waals surface area contributed by atoms with Crippen LogP contribution in [0.15, 0.2) is 85.2 Å². The highest BCUT2D eigenvalue weighted by molar-refractivity contribution is 5.76. The molecule has 4 N–H and O–H groups in total. The minimum atomic E-state index is 0.459. The molecule has 0 aliphatic heterocycles. The lowest BCUT2D eigenvalue weighted by atomic mass is 10.0. The van der Waals surface area contributed by atoms with Gasteiger partial charge in [0.05, 0.1) is 23.8 Å². The van der Waals surface area contributed by atoms with E-state index in [1.807, 2.05) is 48.5 Å². The Morgan fingerprint density at radius 1 is 0.536 bits per heavy atom. The summed E-state index contributed by atoms with van der Waals surface area (Å²) in [5.41, 5.74) is 14.3.